The number of halogens is 1. The lowest BCUT2D eigenvalue weighted by Crippen LogP contribution is -2.18. The van der Waals surface area contributed by atoms with E-state index in [-0.39, 0.29) is 0 Å². The van der Waals surface area contributed by atoms with Crippen molar-refractivity contribution >= 4 is 27.3 Å². The number of rotatable bonds is 5. The number of hydrogen-bond donors (Lipinski definition) is 0. The maximum atomic E-state index is 3.51. The van der Waals surface area contributed by atoms with Crippen molar-refractivity contribution in [2.45, 2.75) is 13.3 Å². The average Bonchev–Trinajstić information content (AvgIpc) is 2.40. The molecule has 0 saturated carbocycles. The van der Waals surface area contributed by atoms with Gasteiger partial charge in [-0.15, -0.1) is 0 Å². The predicted molar refractivity (Wildman–Crippen MR) is 83.0 cm³/mol. The second kappa shape index (κ2) is 6.60. The fourth-order valence-electron chi connectivity index (χ4n) is 2.03. The summed E-state index contributed by atoms with van der Waals surface area (Å²) in [5, 5.41) is 1.03. The molecule has 0 fully saturated rings. The van der Waals surface area contributed by atoms with Gasteiger partial charge in [0.1, 0.15) is 0 Å². The molecule has 1 nitrogen and oxygen atoms in total. The minimum absolute atomic E-state index is 1.03. The van der Waals surface area contributed by atoms with Gasteiger partial charge in [0.15, 0.2) is 0 Å². The van der Waals surface area contributed by atoms with Crippen LogP contribution in [0.1, 0.15) is 12.0 Å². The van der Waals surface area contributed by atoms with Crippen molar-refractivity contribution in [3.63, 3.8) is 0 Å². The van der Waals surface area contributed by atoms with Gasteiger partial charge in [0.25, 0.3) is 0 Å². The van der Waals surface area contributed by atoms with Gasteiger partial charge >= 0.3 is 0 Å². The first-order chi connectivity index (χ1) is 8.81. The summed E-state index contributed by atoms with van der Waals surface area (Å²) in [4.78, 5) is 2.37. The zero-order valence-corrected chi connectivity index (χ0v) is 12.2. The highest BCUT2D eigenvalue weighted by Crippen LogP contribution is 2.26. The van der Waals surface area contributed by atoms with E-state index in [1.165, 1.54) is 16.9 Å². The van der Waals surface area contributed by atoms with Crippen LogP contribution in [0.3, 0.4) is 0 Å². The molecule has 0 atom stereocenters. The summed E-state index contributed by atoms with van der Waals surface area (Å²) in [6.45, 7) is 3.16. The SMILES string of the molecule is Cc1cccc(N(CCCBr)c2ccccc2)c1. The van der Waals surface area contributed by atoms with Crippen molar-refractivity contribution in [2.75, 3.05) is 16.8 Å². The quantitative estimate of drug-likeness (QED) is 0.709. The molecule has 0 unspecified atom stereocenters. The number of para-hydroxylation sites is 1. The van der Waals surface area contributed by atoms with Crippen LogP contribution in [0.5, 0.6) is 0 Å². The molecule has 2 heteroatoms. The maximum Gasteiger partial charge on any atom is 0.0413 e. The van der Waals surface area contributed by atoms with E-state index in [2.05, 4.69) is 82.4 Å². The lowest BCUT2D eigenvalue weighted by molar-refractivity contribution is 0.898. The number of hydrogen-bond acceptors (Lipinski definition) is 1. The van der Waals surface area contributed by atoms with Crippen molar-refractivity contribution < 1.29 is 0 Å². The topological polar surface area (TPSA) is 3.24 Å². The summed E-state index contributed by atoms with van der Waals surface area (Å²) < 4.78 is 0. The fourth-order valence-corrected chi connectivity index (χ4v) is 2.28. The van der Waals surface area contributed by atoms with E-state index >= 15 is 0 Å². The highest BCUT2D eigenvalue weighted by molar-refractivity contribution is 9.09. The monoisotopic (exact) mass is 303 g/mol. The van der Waals surface area contributed by atoms with Crippen molar-refractivity contribution in [3.8, 4) is 0 Å². The van der Waals surface area contributed by atoms with Crippen LogP contribution >= 0.6 is 15.9 Å². The van der Waals surface area contributed by atoms with Crippen molar-refractivity contribution in [1.29, 1.82) is 0 Å². The van der Waals surface area contributed by atoms with Gasteiger partial charge in [-0.05, 0) is 43.2 Å². The molecular weight excluding hydrogens is 286 g/mol. The van der Waals surface area contributed by atoms with Gasteiger partial charge in [0, 0.05) is 23.2 Å². The Balaban J connectivity index is 2.31. The van der Waals surface area contributed by atoms with Gasteiger partial charge in [0.05, 0.1) is 0 Å². The van der Waals surface area contributed by atoms with Gasteiger partial charge in [-0.3, -0.25) is 0 Å². The lowest BCUT2D eigenvalue weighted by Gasteiger charge is -2.25. The highest BCUT2D eigenvalue weighted by atomic mass is 79.9. The average molecular weight is 304 g/mol. The Bertz CT molecular complexity index is 481. The summed E-state index contributed by atoms with van der Waals surface area (Å²) in [7, 11) is 0. The number of benzene rings is 2. The standard InChI is InChI=1S/C16H18BrN/c1-14-7-5-10-16(13-14)18(12-6-11-17)15-8-3-2-4-9-15/h2-5,7-10,13H,6,11-12H2,1H3. The largest absolute Gasteiger partial charge is 0.341 e. The van der Waals surface area contributed by atoms with Gasteiger partial charge in [-0.1, -0.05) is 46.3 Å². The van der Waals surface area contributed by atoms with Crippen LogP contribution in [0.25, 0.3) is 0 Å². The van der Waals surface area contributed by atoms with Crippen LogP contribution in [-0.4, -0.2) is 11.9 Å². The van der Waals surface area contributed by atoms with E-state index < -0.39 is 0 Å². The van der Waals surface area contributed by atoms with Crippen LogP contribution in [0, 0.1) is 6.92 Å². The van der Waals surface area contributed by atoms with E-state index in [9.17, 15) is 0 Å². The maximum absolute atomic E-state index is 3.51. The van der Waals surface area contributed by atoms with E-state index in [0.717, 1.165) is 18.3 Å². The van der Waals surface area contributed by atoms with E-state index in [0.29, 0.717) is 0 Å². The zero-order valence-electron chi connectivity index (χ0n) is 10.6. The molecule has 0 N–H and O–H groups in total. The van der Waals surface area contributed by atoms with Gasteiger partial charge < -0.3 is 4.90 Å². The second-order valence-electron chi connectivity index (χ2n) is 4.37. The summed E-state index contributed by atoms with van der Waals surface area (Å²) in [5.41, 5.74) is 3.82. The Morgan fingerprint density at radius 3 is 2.33 bits per heavy atom. The number of aryl methyl sites for hydroxylation is 1. The van der Waals surface area contributed by atoms with E-state index in [1.54, 1.807) is 0 Å². The molecule has 2 aromatic carbocycles. The molecule has 0 aliphatic carbocycles. The summed E-state index contributed by atoms with van der Waals surface area (Å²) >= 11 is 3.51. The molecule has 0 aliphatic heterocycles. The Morgan fingerprint density at radius 1 is 0.944 bits per heavy atom. The Labute approximate surface area is 118 Å². The second-order valence-corrected chi connectivity index (χ2v) is 5.16. The van der Waals surface area contributed by atoms with Crippen molar-refractivity contribution in [2.24, 2.45) is 0 Å². The molecule has 2 aromatic rings. The first kappa shape index (κ1) is 13.2. The molecule has 0 heterocycles. The summed E-state index contributed by atoms with van der Waals surface area (Å²) in [6.07, 6.45) is 1.13. The van der Waals surface area contributed by atoms with E-state index in [4.69, 9.17) is 0 Å². The van der Waals surface area contributed by atoms with E-state index in [1.807, 2.05) is 0 Å². The Kier molecular flexibility index (Phi) is 4.82. The van der Waals surface area contributed by atoms with Crippen molar-refractivity contribution in [1.82, 2.24) is 0 Å². The lowest BCUT2D eigenvalue weighted by atomic mass is 10.2. The smallest absolute Gasteiger partial charge is 0.0413 e. The normalized spacial score (nSPS) is 10.3. The van der Waals surface area contributed by atoms with Gasteiger partial charge in [-0.25, -0.2) is 0 Å². The Morgan fingerprint density at radius 2 is 1.67 bits per heavy atom. The third kappa shape index (κ3) is 3.36. The minimum Gasteiger partial charge on any atom is -0.341 e. The Hall–Kier alpha value is -1.28. The molecule has 0 aliphatic rings. The van der Waals surface area contributed by atoms with Crippen LogP contribution in [0.4, 0.5) is 11.4 Å². The third-order valence-electron chi connectivity index (χ3n) is 2.90. The summed E-state index contributed by atoms with van der Waals surface area (Å²) in [5.74, 6) is 0. The molecule has 18 heavy (non-hydrogen) atoms. The van der Waals surface area contributed by atoms with Crippen LogP contribution < -0.4 is 4.90 Å². The highest BCUT2D eigenvalue weighted by Gasteiger charge is 2.08. The molecule has 0 spiro atoms. The molecule has 0 saturated heterocycles. The molecule has 2 rings (SSSR count). The number of alkyl halides is 1. The predicted octanol–water partition coefficient (Wildman–Crippen LogP) is 4.92. The fraction of sp³-hybridized carbons (Fsp3) is 0.250. The molecular formula is C16H18BrN. The van der Waals surface area contributed by atoms with Crippen molar-refractivity contribution in [3.05, 3.63) is 60.2 Å². The molecule has 94 valence electrons. The number of nitrogens with zero attached hydrogens (tertiary/aromatic N) is 1. The molecule has 0 bridgehead atoms. The van der Waals surface area contributed by atoms with Gasteiger partial charge in [0.2, 0.25) is 0 Å². The number of anilines is 2. The first-order valence-electron chi connectivity index (χ1n) is 6.26. The van der Waals surface area contributed by atoms with Crippen LogP contribution in [0.15, 0.2) is 54.6 Å². The molecule has 0 aromatic heterocycles. The minimum atomic E-state index is 1.03. The molecule has 0 radical (unpaired) electrons. The first-order valence-corrected chi connectivity index (χ1v) is 7.38. The zero-order chi connectivity index (χ0) is 12.8. The van der Waals surface area contributed by atoms with Crippen LogP contribution in [-0.2, 0) is 0 Å². The van der Waals surface area contributed by atoms with Gasteiger partial charge in [-0.2, -0.15) is 0 Å². The molecule has 0 amide bonds. The third-order valence-corrected chi connectivity index (χ3v) is 3.46. The summed E-state index contributed by atoms with van der Waals surface area (Å²) in [6, 6.07) is 19.2. The van der Waals surface area contributed by atoms with Crippen LogP contribution in [0.2, 0.25) is 0 Å².